The van der Waals surface area contributed by atoms with Gasteiger partial charge in [0.05, 0.1) is 16.3 Å². The molecule has 2 aliphatic carbocycles. The molecule has 0 saturated heterocycles. The highest BCUT2D eigenvalue weighted by Gasteiger charge is 2.28. The van der Waals surface area contributed by atoms with Gasteiger partial charge in [0.15, 0.2) is 5.69 Å². The van der Waals surface area contributed by atoms with Gasteiger partial charge in [-0.3, -0.25) is 9.59 Å². The van der Waals surface area contributed by atoms with Gasteiger partial charge in [0, 0.05) is 23.0 Å². The molecule has 176 valence electrons. The third kappa shape index (κ3) is 4.47. The van der Waals surface area contributed by atoms with E-state index in [4.69, 9.17) is 16.7 Å². The number of anilines is 1. The fraction of sp³-hybridized carbons (Fsp3) is 0.370. The fourth-order valence-corrected chi connectivity index (χ4v) is 5.30. The van der Waals surface area contributed by atoms with Gasteiger partial charge < -0.3 is 10.6 Å². The average molecular weight is 477 g/mol. The van der Waals surface area contributed by atoms with Crippen LogP contribution >= 0.6 is 11.6 Å². The summed E-state index contributed by atoms with van der Waals surface area (Å²) in [5, 5.41) is 11.1. The molecule has 1 aromatic heterocycles. The summed E-state index contributed by atoms with van der Waals surface area (Å²) in [6.07, 6.45) is 8.21. The summed E-state index contributed by atoms with van der Waals surface area (Å²) in [5.74, 6) is -0.468. The molecule has 2 amide bonds. The van der Waals surface area contributed by atoms with Crippen LogP contribution in [0.3, 0.4) is 0 Å². The first kappa shape index (κ1) is 22.7. The van der Waals surface area contributed by atoms with E-state index in [2.05, 4.69) is 10.6 Å². The molecule has 0 bridgehead atoms. The van der Waals surface area contributed by atoms with Gasteiger partial charge in [0.25, 0.3) is 11.8 Å². The number of hydrogen-bond donors (Lipinski definition) is 2. The monoisotopic (exact) mass is 476 g/mol. The lowest BCUT2D eigenvalue weighted by molar-refractivity contribution is 0.0926. The molecule has 0 unspecified atom stereocenters. The van der Waals surface area contributed by atoms with E-state index in [9.17, 15) is 9.59 Å². The molecule has 1 heterocycles. The molecule has 1 fully saturated rings. The number of para-hydroxylation sites is 1. The Kier molecular flexibility index (Phi) is 6.42. The number of benzene rings is 2. The summed E-state index contributed by atoms with van der Waals surface area (Å²) in [4.78, 5) is 26.1. The van der Waals surface area contributed by atoms with E-state index in [0.29, 0.717) is 22.0 Å². The maximum Gasteiger partial charge on any atom is 0.276 e. The minimum atomic E-state index is -0.272. The Morgan fingerprint density at radius 3 is 2.59 bits per heavy atom. The van der Waals surface area contributed by atoms with Crippen LogP contribution in [0, 0.1) is 6.92 Å². The van der Waals surface area contributed by atoms with Crippen molar-refractivity contribution in [2.24, 2.45) is 0 Å². The standard InChI is InChI=1S/C27H29ClN4O2/c1-17-8-5-6-12-23(17)32-24-13-7-11-20(24)25(31-32)27(34)30-19-14-15-22(28)21(16-19)26(33)29-18-9-3-2-4-10-18/h5-6,8,12,14-16,18H,2-4,7,9-11,13H2,1H3,(H,29,33)(H,30,34). The highest BCUT2D eigenvalue weighted by Crippen LogP contribution is 2.30. The van der Waals surface area contributed by atoms with Crippen molar-refractivity contribution in [2.75, 3.05) is 5.32 Å². The van der Waals surface area contributed by atoms with Gasteiger partial charge in [-0.2, -0.15) is 5.10 Å². The van der Waals surface area contributed by atoms with Crippen molar-refractivity contribution in [3.63, 3.8) is 0 Å². The zero-order chi connectivity index (χ0) is 23.7. The molecule has 2 aromatic carbocycles. The zero-order valence-electron chi connectivity index (χ0n) is 19.4. The second-order valence-electron chi connectivity index (χ2n) is 9.28. The van der Waals surface area contributed by atoms with E-state index in [1.165, 1.54) is 6.42 Å². The maximum atomic E-state index is 13.3. The number of carbonyl (C=O) groups excluding carboxylic acids is 2. The summed E-state index contributed by atoms with van der Waals surface area (Å²) >= 11 is 6.34. The van der Waals surface area contributed by atoms with Crippen LogP contribution in [0.2, 0.25) is 5.02 Å². The number of fused-ring (bicyclic) bond motifs is 1. The molecule has 0 spiro atoms. The Labute approximate surface area is 204 Å². The molecular formula is C27H29ClN4O2. The molecule has 1 saturated carbocycles. The first-order valence-corrected chi connectivity index (χ1v) is 12.5. The summed E-state index contributed by atoms with van der Waals surface area (Å²) in [7, 11) is 0. The van der Waals surface area contributed by atoms with Gasteiger partial charge in [0.1, 0.15) is 0 Å². The highest BCUT2D eigenvalue weighted by molar-refractivity contribution is 6.34. The highest BCUT2D eigenvalue weighted by atomic mass is 35.5. The Morgan fingerprint density at radius 2 is 1.79 bits per heavy atom. The Morgan fingerprint density at radius 1 is 1.00 bits per heavy atom. The number of aromatic nitrogens is 2. The lowest BCUT2D eigenvalue weighted by atomic mass is 9.95. The van der Waals surface area contributed by atoms with Crippen LogP contribution in [0.1, 0.15) is 76.2 Å². The molecule has 0 radical (unpaired) electrons. The van der Waals surface area contributed by atoms with Crippen molar-refractivity contribution in [1.82, 2.24) is 15.1 Å². The van der Waals surface area contributed by atoms with Crippen LogP contribution in [0.5, 0.6) is 0 Å². The zero-order valence-corrected chi connectivity index (χ0v) is 20.1. The van der Waals surface area contributed by atoms with Crippen molar-refractivity contribution in [2.45, 2.75) is 64.3 Å². The molecule has 2 N–H and O–H groups in total. The first-order chi connectivity index (χ1) is 16.5. The van der Waals surface area contributed by atoms with Gasteiger partial charge in [-0.15, -0.1) is 0 Å². The van der Waals surface area contributed by atoms with Crippen molar-refractivity contribution < 1.29 is 9.59 Å². The predicted molar refractivity (Wildman–Crippen MR) is 134 cm³/mol. The fourth-order valence-electron chi connectivity index (χ4n) is 5.10. The average Bonchev–Trinajstić information content (AvgIpc) is 3.44. The van der Waals surface area contributed by atoms with Crippen molar-refractivity contribution in [3.05, 3.63) is 75.6 Å². The summed E-state index contributed by atoms with van der Waals surface area (Å²) in [6, 6.07) is 13.3. The number of rotatable bonds is 5. The van der Waals surface area contributed by atoms with Gasteiger partial charge in [0.2, 0.25) is 0 Å². The Hall–Kier alpha value is -3.12. The second-order valence-corrected chi connectivity index (χ2v) is 9.69. The topological polar surface area (TPSA) is 76.0 Å². The maximum absolute atomic E-state index is 13.3. The van der Waals surface area contributed by atoms with Crippen LogP contribution in [-0.4, -0.2) is 27.6 Å². The first-order valence-electron chi connectivity index (χ1n) is 12.1. The lowest BCUT2D eigenvalue weighted by Crippen LogP contribution is -2.36. The van der Waals surface area contributed by atoms with Crippen molar-refractivity contribution in [1.29, 1.82) is 0 Å². The van der Waals surface area contributed by atoms with Crippen LogP contribution in [0.4, 0.5) is 5.69 Å². The van der Waals surface area contributed by atoms with E-state index >= 15 is 0 Å². The van der Waals surface area contributed by atoms with Crippen molar-refractivity contribution in [3.8, 4) is 5.69 Å². The number of amides is 2. The van der Waals surface area contributed by atoms with E-state index in [1.54, 1.807) is 18.2 Å². The smallest absolute Gasteiger partial charge is 0.276 e. The third-order valence-electron chi connectivity index (χ3n) is 6.90. The minimum absolute atomic E-state index is 0.184. The molecular weight excluding hydrogens is 448 g/mol. The predicted octanol–water partition coefficient (Wildman–Crippen LogP) is 5.64. The van der Waals surface area contributed by atoms with E-state index in [-0.39, 0.29) is 17.9 Å². The number of nitrogens with one attached hydrogen (secondary N) is 2. The summed E-state index contributed by atoms with van der Waals surface area (Å²) in [6.45, 7) is 2.05. The quantitative estimate of drug-likeness (QED) is 0.500. The molecule has 0 aliphatic heterocycles. The number of hydrogen-bond acceptors (Lipinski definition) is 3. The second kappa shape index (κ2) is 9.63. The molecule has 5 rings (SSSR count). The van der Waals surface area contributed by atoms with Gasteiger partial charge >= 0.3 is 0 Å². The molecule has 7 heteroatoms. The van der Waals surface area contributed by atoms with Crippen LogP contribution in [-0.2, 0) is 12.8 Å². The number of halogens is 1. The van der Waals surface area contributed by atoms with Crippen LogP contribution < -0.4 is 10.6 Å². The molecule has 2 aliphatic rings. The largest absolute Gasteiger partial charge is 0.349 e. The Balaban J connectivity index is 1.38. The minimum Gasteiger partial charge on any atom is -0.349 e. The molecule has 0 atom stereocenters. The molecule has 6 nitrogen and oxygen atoms in total. The number of nitrogens with zero attached hydrogens (tertiary/aromatic N) is 2. The molecule has 34 heavy (non-hydrogen) atoms. The third-order valence-corrected chi connectivity index (χ3v) is 7.23. The summed E-state index contributed by atoms with van der Waals surface area (Å²) in [5.41, 5.74) is 5.55. The summed E-state index contributed by atoms with van der Waals surface area (Å²) < 4.78 is 1.91. The van der Waals surface area contributed by atoms with E-state index < -0.39 is 0 Å². The SMILES string of the molecule is Cc1ccccc1-n1nc(C(=O)Nc2ccc(Cl)c(C(=O)NC3CCCCC3)c2)c2c1CCC2. The van der Waals surface area contributed by atoms with Crippen LogP contribution in [0.15, 0.2) is 42.5 Å². The Bertz CT molecular complexity index is 1240. The van der Waals surface area contributed by atoms with Gasteiger partial charge in [-0.05, 0) is 68.9 Å². The van der Waals surface area contributed by atoms with E-state index in [0.717, 1.165) is 67.5 Å². The molecule has 3 aromatic rings. The van der Waals surface area contributed by atoms with Crippen LogP contribution in [0.25, 0.3) is 5.69 Å². The van der Waals surface area contributed by atoms with Crippen molar-refractivity contribution >= 4 is 29.1 Å². The lowest BCUT2D eigenvalue weighted by Gasteiger charge is -2.23. The van der Waals surface area contributed by atoms with Gasteiger partial charge in [-0.1, -0.05) is 49.1 Å². The number of aryl methyl sites for hydroxylation is 1. The normalized spacial score (nSPS) is 15.7. The van der Waals surface area contributed by atoms with Gasteiger partial charge in [-0.25, -0.2) is 4.68 Å². The number of carbonyl (C=O) groups is 2. The van der Waals surface area contributed by atoms with E-state index in [1.807, 2.05) is 35.9 Å².